The zero-order chi connectivity index (χ0) is 26.3. The van der Waals surface area contributed by atoms with Crippen molar-refractivity contribution in [3.8, 4) is 5.75 Å². The highest BCUT2D eigenvalue weighted by molar-refractivity contribution is 6.15. The first kappa shape index (κ1) is 27.4. The average molecular weight is 500 g/mol. The number of nitro groups is 1. The fraction of sp³-hybridized carbons (Fsp3) is 0.258. The molecule has 0 fully saturated rings. The molecule has 37 heavy (non-hydrogen) atoms. The van der Waals surface area contributed by atoms with Gasteiger partial charge in [0.15, 0.2) is 0 Å². The molecule has 6 nitrogen and oxygen atoms in total. The smallest absolute Gasteiger partial charge is 0.338 e. The van der Waals surface area contributed by atoms with Gasteiger partial charge in [-0.1, -0.05) is 86.9 Å². The number of esters is 1. The fourth-order valence-electron chi connectivity index (χ4n) is 3.69. The Kier molecular flexibility index (Phi) is 11.1. The summed E-state index contributed by atoms with van der Waals surface area (Å²) in [6.45, 7) is 4.93. The second-order valence-corrected chi connectivity index (χ2v) is 8.70. The molecule has 0 aliphatic rings. The summed E-state index contributed by atoms with van der Waals surface area (Å²) >= 11 is 0. The summed E-state index contributed by atoms with van der Waals surface area (Å²) in [6, 6.07) is 23.7. The predicted molar refractivity (Wildman–Crippen MR) is 148 cm³/mol. The van der Waals surface area contributed by atoms with E-state index in [4.69, 9.17) is 9.47 Å². The van der Waals surface area contributed by atoms with Crippen molar-refractivity contribution in [2.24, 2.45) is 0 Å². The Hall–Kier alpha value is -4.19. The highest BCUT2D eigenvalue weighted by atomic mass is 16.6. The predicted octanol–water partition coefficient (Wildman–Crippen LogP) is 7.74. The van der Waals surface area contributed by atoms with E-state index in [-0.39, 0.29) is 11.7 Å². The number of benzene rings is 3. The van der Waals surface area contributed by atoms with E-state index in [9.17, 15) is 14.9 Å². The lowest BCUT2D eigenvalue weighted by molar-refractivity contribution is -0.384. The van der Waals surface area contributed by atoms with Gasteiger partial charge in [0.1, 0.15) is 5.75 Å². The molecule has 0 saturated heterocycles. The summed E-state index contributed by atoms with van der Waals surface area (Å²) in [4.78, 5) is 22.4. The maximum Gasteiger partial charge on any atom is 0.338 e. The molecule has 0 aromatic heterocycles. The lowest BCUT2D eigenvalue weighted by Crippen LogP contribution is -2.07. The quantitative estimate of drug-likeness (QED) is 0.0533. The van der Waals surface area contributed by atoms with Crippen molar-refractivity contribution in [3.63, 3.8) is 0 Å². The van der Waals surface area contributed by atoms with Crippen LogP contribution in [-0.2, 0) is 9.53 Å². The largest absolute Gasteiger partial charge is 0.494 e. The summed E-state index contributed by atoms with van der Waals surface area (Å²) in [5.74, 6) is 0.489. The third-order valence-corrected chi connectivity index (χ3v) is 5.86. The first-order valence-electron chi connectivity index (χ1n) is 12.6. The highest BCUT2D eigenvalue weighted by Gasteiger charge is 2.10. The molecule has 3 aromatic rings. The summed E-state index contributed by atoms with van der Waals surface area (Å²) in [7, 11) is 0. The second-order valence-electron chi connectivity index (χ2n) is 8.70. The van der Waals surface area contributed by atoms with Crippen LogP contribution in [0.4, 0.5) is 5.69 Å². The van der Waals surface area contributed by atoms with Crippen LogP contribution in [0, 0.1) is 10.1 Å². The van der Waals surface area contributed by atoms with E-state index >= 15 is 0 Å². The van der Waals surface area contributed by atoms with Gasteiger partial charge in [-0.2, -0.15) is 0 Å². The molecule has 0 N–H and O–H groups in total. The zero-order valence-corrected chi connectivity index (χ0v) is 21.0. The molecular formula is C31H33NO5. The van der Waals surface area contributed by atoms with E-state index < -0.39 is 4.92 Å². The molecule has 0 amide bonds. The first-order valence-corrected chi connectivity index (χ1v) is 12.6. The van der Waals surface area contributed by atoms with Crippen molar-refractivity contribution >= 4 is 29.4 Å². The number of hydrogen-bond donors (Lipinski definition) is 0. The molecule has 0 atom stereocenters. The van der Waals surface area contributed by atoms with E-state index in [1.807, 2.05) is 66.7 Å². The molecule has 0 radical (unpaired) electrons. The molecular weight excluding hydrogens is 466 g/mol. The van der Waals surface area contributed by atoms with Gasteiger partial charge in [0, 0.05) is 12.1 Å². The maximum absolute atomic E-state index is 12.0. The van der Waals surface area contributed by atoms with Crippen LogP contribution < -0.4 is 4.74 Å². The molecule has 0 bridgehead atoms. The summed E-state index contributed by atoms with van der Waals surface area (Å²) in [6.07, 6.45) is 10.1. The van der Waals surface area contributed by atoms with E-state index in [2.05, 4.69) is 6.58 Å². The van der Waals surface area contributed by atoms with Gasteiger partial charge in [-0.15, -0.1) is 0 Å². The van der Waals surface area contributed by atoms with Crippen LogP contribution in [0.25, 0.3) is 17.7 Å². The number of nitro benzene ring substituents is 1. The summed E-state index contributed by atoms with van der Waals surface area (Å²) in [5.41, 5.74) is 3.21. The van der Waals surface area contributed by atoms with E-state index in [0.717, 1.165) is 61.0 Å². The third kappa shape index (κ3) is 9.76. The lowest BCUT2D eigenvalue weighted by Gasteiger charge is -2.08. The van der Waals surface area contributed by atoms with Gasteiger partial charge in [-0.25, -0.2) is 4.79 Å². The average Bonchev–Trinajstić information content (AvgIpc) is 2.93. The third-order valence-electron chi connectivity index (χ3n) is 5.86. The lowest BCUT2D eigenvalue weighted by atomic mass is 10.1. The number of non-ortho nitro benzene ring substituents is 1. The Bertz CT molecular complexity index is 1170. The van der Waals surface area contributed by atoms with Gasteiger partial charge >= 0.3 is 5.97 Å². The van der Waals surface area contributed by atoms with Crippen LogP contribution >= 0.6 is 0 Å². The molecule has 0 aliphatic carbocycles. The summed E-state index contributed by atoms with van der Waals surface area (Å²) in [5, 5.41) is 10.7. The molecule has 0 heterocycles. The van der Waals surface area contributed by atoms with E-state index in [1.165, 1.54) is 12.1 Å². The van der Waals surface area contributed by atoms with Gasteiger partial charge in [-0.3, -0.25) is 10.1 Å². The zero-order valence-electron chi connectivity index (χ0n) is 21.0. The van der Waals surface area contributed by atoms with Crippen molar-refractivity contribution in [3.05, 3.63) is 112 Å². The number of unbranched alkanes of at least 4 members (excludes halogenated alkanes) is 5. The maximum atomic E-state index is 12.0. The van der Waals surface area contributed by atoms with Crippen LogP contribution in [-0.4, -0.2) is 24.1 Å². The van der Waals surface area contributed by atoms with Gasteiger partial charge in [0.25, 0.3) is 5.69 Å². The van der Waals surface area contributed by atoms with Crippen molar-refractivity contribution in [2.75, 3.05) is 13.2 Å². The van der Waals surface area contributed by atoms with Crippen LogP contribution in [0.2, 0.25) is 0 Å². The monoisotopic (exact) mass is 499 g/mol. The number of nitrogens with zero attached hydrogens (tertiary/aromatic N) is 1. The molecule has 192 valence electrons. The normalized spacial score (nSPS) is 10.8. The molecule has 0 saturated carbocycles. The Morgan fingerprint density at radius 1 is 0.757 bits per heavy atom. The van der Waals surface area contributed by atoms with Gasteiger partial charge < -0.3 is 9.47 Å². The minimum atomic E-state index is -0.403. The van der Waals surface area contributed by atoms with Crippen LogP contribution in [0.15, 0.2) is 85.4 Å². The molecule has 3 aromatic carbocycles. The topological polar surface area (TPSA) is 78.7 Å². The molecule has 6 heteroatoms. The van der Waals surface area contributed by atoms with Crippen LogP contribution in [0.1, 0.15) is 55.2 Å². The highest BCUT2D eigenvalue weighted by Crippen LogP contribution is 2.18. The van der Waals surface area contributed by atoms with Crippen molar-refractivity contribution in [1.29, 1.82) is 0 Å². The molecule has 3 rings (SSSR count). The van der Waals surface area contributed by atoms with E-state index in [0.29, 0.717) is 18.8 Å². The Labute approximate surface area is 218 Å². The van der Waals surface area contributed by atoms with Crippen LogP contribution in [0.3, 0.4) is 0 Å². The number of hydrogen-bond acceptors (Lipinski definition) is 5. The Morgan fingerprint density at radius 3 is 1.89 bits per heavy atom. The Morgan fingerprint density at radius 2 is 1.30 bits per heavy atom. The Balaban J connectivity index is 1.21. The van der Waals surface area contributed by atoms with Gasteiger partial charge in [0.05, 0.1) is 23.7 Å². The van der Waals surface area contributed by atoms with Crippen LogP contribution in [0.5, 0.6) is 5.75 Å². The van der Waals surface area contributed by atoms with Gasteiger partial charge in [-0.05, 0) is 53.8 Å². The van der Waals surface area contributed by atoms with E-state index in [1.54, 1.807) is 12.1 Å². The number of carbonyl (C=O) groups is 1. The molecule has 0 aliphatic heterocycles. The SMILES string of the molecule is C=C(C(=O)OCCCCCCCCOc1ccc(C=Cc2ccc([N+](=O)[O-])cc2)cc1)c1ccccc1. The molecule has 0 unspecified atom stereocenters. The second kappa shape index (κ2) is 15.0. The molecule has 0 spiro atoms. The standard InChI is InChI=1S/C31H33NO5/c1-25(28-11-7-6-8-12-28)31(33)37-24-10-5-3-2-4-9-23-36-30-21-17-27(18-22-30)14-13-26-15-19-29(20-16-26)32(34)35/h6-8,11-22H,1-5,9-10,23-24H2. The summed E-state index contributed by atoms with van der Waals surface area (Å²) < 4.78 is 11.2. The van der Waals surface area contributed by atoms with Crippen molar-refractivity contribution < 1.29 is 19.2 Å². The minimum Gasteiger partial charge on any atom is -0.494 e. The number of rotatable bonds is 15. The minimum absolute atomic E-state index is 0.0861. The number of carbonyl (C=O) groups excluding carboxylic acids is 1. The number of ether oxygens (including phenoxy) is 2. The van der Waals surface area contributed by atoms with Crippen molar-refractivity contribution in [2.45, 2.75) is 38.5 Å². The van der Waals surface area contributed by atoms with Gasteiger partial charge in [0.2, 0.25) is 0 Å². The first-order chi connectivity index (χ1) is 18.0. The fourth-order valence-corrected chi connectivity index (χ4v) is 3.69. The van der Waals surface area contributed by atoms with Crippen molar-refractivity contribution in [1.82, 2.24) is 0 Å².